The summed E-state index contributed by atoms with van der Waals surface area (Å²) in [5.74, 6) is 0.961. The summed E-state index contributed by atoms with van der Waals surface area (Å²) in [6.07, 6.45) is 4.14. The number of hydrogen-bond donors (Lipinski definition) is 1. The average molecular weight is 344 g/mol. The number of nitrogens with zero attached hydrogens (tertiary/aromatic N) is 1. The summed E-state index contributed by atoms with van der Waals surface area (Å²) in [5, 5.41) is 4.62. The van der Waals surface area contributed by atoms with Crippen molar-refractivity contribution in [1.82, 2.24) is 10.3 Å². The van der Waals surface area contributed by atoms with Crippen molar-refractivity contribution in [2.75, 3.05) is 0 Å². The predicted octanol–water partition coefficient (Wildman–Crippen LogP) is 5.09. The molecule has 0 saturated heterocycles. The summed E-state index contributed by atoms with van der Waals surface area (Å²) in [7, 11) is 0. The molecule has 2 aromatic rings. The zero-order valence-corrected chi connectivity index (χ0v) is 13.3. The minimum atomic E-state index is 0.393. The van der Waals surface area contributed by atoms with E-state index in [1.807, 2.05) is 12.1 Å². The molecule has 21 heavy (non-hydrogen) atoms. The predicted molar refractivity (Wildman–Crippen MR) is 85.6 cm³/mol. The Kier molecular flexibility index (Phi) is 4.55. The van der Waals surface area contributed by atoms with Gasteiger partial charge in [0.25, 0.3) is 0 Å². The third-order valence-electron chi connectivity index (χ3n) is 3.19. The van der Waals surface area contributed by atoms with E-state index in [2.05, 4.69) is 10.3 Å². The Morgan fingerprint density at radius 1 is 1.14 bits per heavy atom. The molecule has 1 aliphatic rings. The lowest BCUT2D eigenvalue weighted by atomic mass is 10.2. The molecule has 1 aromatic carbocycles. The van der Waals surface area contributed by atoms with Crippen molar-refractivity contribution in [3.8, 4) is 11.6 Å². The van der Waals surface area contributed by atoms with E-state index in [9.17, 15) is 0 Å². The van der Waals surface area contributed by atoms with Gasteiger partial charge in [0.05, 0.1) is 15.1 Å². The number of nitrogens with one attached hydrogen (secondary N) is 1. The van der Waals surface area contributed by atoms with Crippen molar-refractivity contribution in [3.05, 3.63) is 51.1 Å². The molecule has 0 radical (unpaired) electrons. The first kappa shape index (κ1) is 14.9. The van der Waals surface area contributed by atoms with E-state index < -0.39 is 0 Å². The molecular formula is C15H13Cl3N2O. The third-order valence-corrected chi connectivity index (χ3v) is 4.21. The molecule has 0 unspecified atom stereocenters. The van der Waals surface area contributed by atoms with Crippen LogP contribution >= 0.6 is 34.8 Å². The third kappa shape index (κ3) is 3.80. The molecule has 1 aromatic heterocycles. The lowest BCUT2D eigenvalue weighted by Gasteiger charge is -2.12. The maximum absolute atomic E-state index is 6.13. The maximum atomic E-state index is 6.13. The molecule has 0 amide bonds. The van der Waals surface area contributed by atoms with Crippen LogP contribution in [0.15, 0.2) is 30.5 Å². The highest BCUT2D eigenvalue weighted by Crippen LogP contribution is 2.36. The first-order valence-electron chi connectivity index (χ1n) is 6.63. The van der Waals surface area contributed by atoms with Crippen LogP contribution in [0.4, 0.5) is 0 Å². The molecule has 0 spiro atoms. The second kappa shape index (κ2) is 6.41. The van der Waals surface area contributed by atoms with Crippen LogP contribution in [0.5, 0.6) is 11.6 Å². The van der Waals surface area contributed by atoms with Crippen molar-refractivity contribution in [3.63, 3.8) is 0 Å². The number of halogens is 3. The van der Waals surface area contributed by atoms with E-state index in [1.165, 1.54) is 12.8 Å². The molecule has 3 rings (SSSR count). The minimum absolute atomic E-state index is 0.393. The molecule has 3 nitrogen and oxygen atoms in total. The van der Waals surface area contributed by atoms with E-state index in [-0.39, 0.29) is 0 Å². The van der Waals surface area contributed by atoms with Crippen LogP contribution in [-0.2, 0) is 6.54 Å². The normalized spacial score (nSPS) is 14.2. The summed E-state index contributed by atoms with van der Waals surface area (Å²) in [4.78, 5) is 4.27. The minimum Gasteiger partial charge on any atom is -0.437 e. The number of benzene rings is 1. The zero-order chi connectivity index (χ0) is 14.8. The molecule has 0 bridgehead atoms. The topological polar surface area (TPSA) is 34.1 Å². The summed E-state index contributed by atoms with van der Waals surface area (Å²) in [6.45, 7) is 0.715. The first-order chi connectivity index (χ1) is 10.1. The van der Waals surface area contributed by atoms with Gasteiger partial charge < -0.3 is 10.1 Å². The molecule has 0 aliphatic heterocycles. The molecule has 110 valence electrons. The number of hydrogen-bond acceptors (Lipinski definition) is 3. The fourth-order valence-electron chi connectivity index (χ4n) is 1.88. The highest BCUT2D eigenvalue weighted by molar-refractivity contribution is 6.43. The van der Waals surface area contributed by atoms with Gasteiger partial charge in [0.1, 0.15) is 5.75 Å². The zero-order valence-electron chi connectivity index (χ0n) is 11.1. The van der Waals surface area contributed by atoms with Crippen LogP contribution in [0.2, 0.25) is 15.1 Å². The Balaban J connectivity index is 1.82. The molecule has 1 N–H and O–H groups in total. The van der Waals surface area contributed by atoms with E-state index in [0.29, 0.717) is 39.3 Å². The Labute approximate surface area is 138 Å². The van der Waals surface area contributed by atoms with Gasteiger partial charge in [0.2, 0.25) is 5.88 Å². The van der Waals surface area contributed by atoms with E-state index in [1.54, 1.807) is 18.3 Å². The number of rotatable bonds is 5. The van der Waals surface area contributed by atoms with Gasteiger partial charge in [-0.05, 0) is 25.0 Å². The second-order valence-electron chi connectivity index (χ2n) is 4.92. The monoisotopic (exact) mass is 342 g/mol. The van der Waals surface area contributed by atoms with Crippen LogP contribution in [-0.4, -0.2) is 11.0 Å². The number of pyridine rings is 1. The lowest BCUT2D eigenvalue weighted by molar-refractivity contribution is 0.453. The number of ether oxygens (including phenoxy) is 1. The van der Waals surface area contributed by atoms with Crippen LogP contribution in [0.3, 0.4) is 0 Å². The first-order valence-corrected chi connectivity index (χ1v) is 7.76. The summed E-state index contributed by atoms with van der Waals surface area (Å²) >= 11 is 18.0. The van der Waals surface area contributed by atoms with Crippen molar-refractivity contribution in [2.24, 2.45) is 0 Å². The molecule has 1 saturated carbocycles. The standard InChI is InChI=1S/C15H13Cl3N2O/c16-11-6-13(18)14(7-12(11)17)21-15-9(2-1-5-19-15)8-20-10-3-4-10/h1-2,5-7,10,20H,3-4,8H2. The van der Waals surface area contributed by atoms with Crippen LogP contribution in [0, 0.1) is 0 Å². The van der Waals surface area contributed by atoms with E-state index in [0.717, 1.165) is 5.56 Å². The average Bonchev–Trinajstić information content (AvgIpc) is 3.28. The Bertz CT molecular complexity index is 659. The van der Waals surface area contributed by atoms with Gasteiger partial charge in [-0.15, -0.1) is 0 Å². The molecule has 1 heterocycles. The van der Waals surface area contributed by atoms with Crippen molar-refractivity contribution >= 4 is 34.8 Å². The molecule has 6 heteroatoms. The van der Waals surface area contributed by atoms with E-state index >= 15 is 0 Å². The highest BCUT2D eigenvalue weighted by Gasteiger charge is 2.21. The molecule has 0 atom stereocenters. The highest BCUT2D eigenvalue weighted by atomic mass is 35.5. The molecule has 1 fully saturated rings. The summed E-state index contributed by atoms with van der Waals surface area (Å²) < 4.78 is 5.80. The largest absolute Gasteiger partial charge is 0.437 e. The van der Waals surface area contributed by atoms with Crippen LogP contribution in [0.25, 0.3) is 0 Å². The Hall–Kier alpha value is -1.00. The smallest absolute Gasteiger partial charge is 0.223 e. The van der Waals surface area contributed by atoms with Gasteiger partial charge >= 0.3 is 0 Å². The quantitative estimate of drug-likeness (QED) is 0.768. The lowest BCUT2D eigenvalue weighted by Crippen LogP contribution is -2.16. The van der Waals surface area contributed by atoms with Gasteiger partial charge in [-0.25, -0.2) is 4.98 Å². The van der Waals surface area contributed by atoms with E-state index in [4.69, 9.17) is 39.5 Å². The fraction of sp³-hybridized carbons (Fsp3) is 0.267. The summed E-state index contributed by atoms with van der Waals surface area (Å²) in [5.41, 5.74) is 0.978. The Morgan fingerprint density at radius 3 is 2.67 bits per heavy atom. The maximum Gasteiger partial charge on any atom is 0.223 e. The van der Waals surface area contributed by atoms with Crippen LogP contribution in [0.1, 0.15) is 18.4 Å². The fourth-order valence-corrected chi connectivity index (χ4v) is 2.45. The van der Waals surface area contributed by atoms with Crippen molar-refractivity contribution in [1.29, 1.82) is 0 Å². The van der Waals surface area contributed by atoms with Gasteiger partial charge in [-0.2, -0.15) is 0 Å². The van der Waals surface area contributed by atoms with Gasteiger partial charge in [-0.1, -0.05) is 40.9 Å². The van der Waals surface area contributed by atoms with Crippen molar-refractivity contribution in [2.45, 2.75) is 25.4 Å². The number of aromatic nitrogens is 1. The SMILES string of the molecule is Clc1cc(Cl)c(Oc2ncccc2CNC2CC2)cc1Cl. The Morgan fingerprint density at radius 2 is 1.90 bits per heavy atom. The summed E-state index contributed by atoms with van der Waals surface area (Å²) in [6, 6.07) is 7.63. The van der Waals surface area contributed by atoms with Gasteiger partial charge in [0, 0.05) is 30.4 Å². The second-order valence-corrected chi connectivity index (χ2v) is 6.14. The molecular weight excluding hydrogens is 331 g/mol. The van der Waals surface area contributed by atoms with Gasteiger partial charge in [0.15, 0.2) is 0 Å². The van der Waals surface area contributed by atoms with Crippen LogP contribution < -0.4 is 10.1 Å². The molecule has 1 aliphatic carbocycles. The van der Waals surface area contributed by atoms with Gasteiger partial charge in [-0.3, -0.25) is 0 Å². The van der Waals surface area contributed by atoms with Crippen molar-refractivity contribution < 1.29 is 4.74 Å².